The fourth-order valence-corrected chi connectivity index (χ4v) is 2.72. The highest BCUT2D eigenvalue weighted by molar-refractivity contribution is 6.33. The molecule has 122 valence electrons. The summed E-state index contributed by atoms with van der Waals surface area (Å²) in [4.78, 5) is 12.0. The van der Waals surface area contributed by atoms with E-state index in [0.29, 0.717) is 11.2 Å². The lowest BCUT2D eigenvalue weighted by atomic mass is 10.1. The van der Waals surface area contributed by atoms with Gasteiger partial charge in [0.15, 0.2) is 17.0 Å². The van der Waals surface area contributed by atoms with Gasteiger partial charge in [-0.2, -0.15) is 9.97 Å². The summed E-state index contributed by atoms with van der Waals surface area (Å²) in [6, 6.07) is 0. The number of nitrogen functional groups attached to an aromatic ring is 1. The number of rotatable bonds is 4. The highest BCUT2D eigenvalue weighted by atomic mass is 35.5. The van der Waals surface area contributed by atoms with E-state index in [2.05, 4.69) is 20.9 Å². The van der Waals surface area contributed by atoms with E-state index in [1.165, 1.54) is 10.9 Å². The molecule has 0 spiro atoms. The summed E-state index contributed by atoms with van der Waals surface area (Å²) in [5, 5.41) is 19.7. The monoisotopic (exact) mass is 339 g/mol. The number of aliphatic hydroxyl groups excluding tert-OH is 2. The fourth-order valence-electron chi connectivity index (χ4n) is 2.50. The molecule has 0 bridgehead atoms. The Morgan fingerprint density at radius 1 is 1.52 bits per heavy atom. The number of imidazole rings is 1. The number of nitrogens with two attached hydrogens (primary N) is 1. The molecule has 1 saturated heterocycles. The van der Waals surface area contributed by atoms with Gasteiger partial charge in [-0.15, -0.1) is 6.42 Å². The van der Waals surface area contributed by atoms with E-state index in [9.17, 15) is 10.2 Å². The third-order valence-electron chi connectivity index (χ3n) is 3.52. The van der Waals surface area contributed by atoms with Crippen LogP contribution in [-0.4, -0.2) is 61.3 Å². The van der Waals surface area contributed by atoms with Crippen molar-refractivity contribution >= 4 is 28.7 Å². The molecule has 4 N–H and O–H groups in total. The van der Waals surface area contributed by atoms with E-state index >= 15 is 0 Å². The van der Waals surface area contributed by atoms with Gasteiger partial charge in [0, 0.05) is 0 Å². The molecule has 1 unspecified atom stereocenters. The molecule has 2 aromatic heterocycles. The number of aliphatic hydroxyl groups is 2. The molecular formula is C13H14ClN5O4. The van der Waals surface area contributed by atoms with Crippen molar-refractivity contribution in [3.05, 3.63) is 11.5 Å². The van der Waals surface area contributed by atoms with E-state index in [1.807, 2.05) is 0 Å². The first-order chi connectivity index (χ1) is 11.1. The molecule has 0 radical (unpaired) electrons. The van der Waals surface area contributed by atoms with Crippen molar-refractivity contribution in [2.75, 3.05) is 18.9 Å². The Balaban J connectivity index is 2.03. The summed E-state index contributed by atoms with van der Waals surface area (Å²) in [6.45, 7) is -0.400. The van der Waals surface area contributed by atoms with Crippen LogP contribution in [0.2, 0.25) is 5.15 Å². The molecule has 0 aliphatic carbocycles. The van der Waals surface area contributed by atoms with Crippen molar-refractivity contribution in [1.82, 2.24) is 19.5 Å². The molecule has 0 saturated carbocycles. The Morgan fingerprint density at radius 3 is 3.00 bits per heavy atom. The van der Waals surface area contributed by atoms with Gasteiger partial charge in [-0.1, -0.05) is 17.5 Å². The van der Waals surface area contributed by atoms with Gasteiger partial charge in [0.25, 0.3) is 0 Å². The Bertz CT molecular complexity index is 761. The van der Waals surface area contributed by atoms with Crippen molar-refractivity contribution in [3.8, 4) is 12.3 Å². The third kappa shape index (κ3) is 2.71. The number of fused-ring (bicyclic) bond motifs is 1. The molecular weight excluding hydrogens is 326 g/mol. The van der Waals surface area contributed by atoms with Gasteiger partial charge in [0.05, 0.1) is 12.9 Å². The van der Waals surface area contributed by atoms with Crippen molar-refractivity contribution < 1.29 is 19.7 Å². The van der Waals surface area contributed by atoms with Crippen molar-refractivity contribution in [1.29, 1.82) is 0 Å². The third-order valence-corrected chi connectivity index (χ3v) is 3.79. The minimum absolute atomic E-state index is 0.0236. The molecule has 4 atom stereocenters. The molecule has 10 heteroatoms. The minimum atomic E-state index is -1.06. The largest absolute Gasteiger partial charge is 0.394 e. The van der Waals surface area contributed by atoms with Crippen LogP contribution in [0.15, 0.2) is 6.33 Å². The van der Waals surface area contributed by atoms with Gasteiger partial charge in [-0.05, 0) is 0 Å². The fraction of sp³-hybridized carbons (Fsp3) is 0.462. The Hall–Kier alpha value is -1.96. The van der Waals surface area contributed by atoms with Crippen LogP contribution < -0.4 is 5.73 Å². The van der Waals surface area contributed by atoms with Crippen LogP contribution in [0.4, 0.5) is 5.95 Å². The summed E-state index contributed by atoms with van der Waals surface area (Å²) in [6.07, 6.45) is 3.12. The van der Waals surface area contributed by atoms with Crippen molar-refractivity contribution in [2.24, 2.45) is 0 Å². The van der Waals surface area contributed by atoms with E-state index in [1.54, 1.807) is 0 Å². The first kappa shape index (κ1) is 15.9. The first-order valence-electron chi connectivity index (χ1n) is 6.71. The lowest BCUT2D eigenvalue weighted by Crippen LogP contribution is -2.35. The zero-order valence-electron chi connectivity index (χ0n) is 11.8. The SMILES string of the molecule is C#CCOC1[C@@H](O)[C@@H](CO)O[C@H]1n1cnc2c(Cl)nc(N)nc21. The van der Waals surface area contributed by atoms with Gasteiger partial charge in [-0.3, -0.25) is 4.57 Å². The average molecular weight is 340 g/mol. The van der Waals surface area contributed by atoms with E-state index in [4.69, 9.17) is 33.2 Å². The second-order valence-corrected chi connectivity index (χ2v) is 5.27. The topological polar surface area (TPSA) is 129 Å². The van der Waals surface area contributed by atoms with Gasteiger partial charge < -0.3 is 25.4 Å². The maximum Gasteiger partial charge on any atom is 0.223 e. The molecule has 3 rings (SSSR count). The zero-order chi connectivity index (χ0) is 16.6. The average Bonchev–Trinajstić information content (AvgIpc) is 3.06. The van der Waals surface area contributed by atoms with Crippen molar-refractivity contribution in [2.45, 2.75) is 24.5 Å². The second kappa shape index (κ2) is 6.27. The Kier molecular flexibility index (Phi) is 4.34. The summed E-state index contributed by atoms with van der Waals surface area (Å²) in [7, 11) is 0. The number of halogens is 1. The highest BCUT2D eigenvalue weighted by Gasteiger charge is 2.45. The maximum atomic E-state index is 10.2. The smallest absolute Gasteiger partial charge is 0.223 e. The number of ether oxygens (including phenoxy) is 2. The molecule has 0 aromatic carbocycles. The summed E-state index contributed by atoms with van der Waals surface area (Å²) in [5.41, 5.74) is 6.27. The molecule has 23 heavy (non-hydrogen) atoms. The van der Waals surface area contributed by atoms with E-state index in [0.717, 1.165) is 0 Å². The molecule has 1 aliphatic heterocycles. The summed E-state index contributed by atoms with van der Waals surface area (Å²) >= 11 is 5.99. The van der Waals surface area contributed by atoms with Crippen LogP contribution in [0.25, 0.3) is 11.2 Å². The molecule has 3 heterocycles. The molecule has 1 aliphatic rings. The zero-order valence-corrected chi connectivity index (χ0v) is 12.6. The summed E-state index contributed by atoms with van der Waals surface area (Å²) in [5.74, 6) is 2.30. The predicted octanol–water partition coefficient (Wildman–Crippen LogP) is -0.669. The van der Waals surface area contributed by atoms with Gasteiger partial charge >= 0.3 is 0 Å². The van der Waals surface area contributed by atoms with Gasteiger partial charge in [-0.25, -0.2) is 4.98 Å². The Labute approximate surface area is 136 Å². The summed E-state index contributed by atoms with van der Waals surface area (Å²) < 4.78 is 12.6. The Morgan fingerprint density at radius 2 is 2.30 bits per heavy atom. The predicted molar refractivity (Wildman–Crippen MR) is 80.3 cm³/mol. The van der Waals surface area contributed by atoms with Crippen molar-refractivity contribution in [3.63, 3.8) is 0 Å². The van der Waals surface area contributed by atoms with Crippen LogP contribution in [0.5, 0.6) is 0 Å². The lowest BCUT2D eigenvalue weighted by Gasteiger charge is -2.21. The second-order valence-electron chi connectivity index (χ2n) is 4.91. The molecule has 1 fully saturated rings. The van der Waals surface area contributed by atoms with Crippen LogP contribution in [0, 0.1) is 12.3 Å². The number of anilines is 1. The standard InChI is InChI=1S/C13H14ClN5O4/c1-2-3-22-9-8(21)6(4-20)23-12(9)19-5-16-7-10(14)17-13(15)18-11(7)19/h1,5-6,8-9,12,20-21H,3-4H2,(H2,15,17,18)/t6-,8+,9?,12-/m1/s1. The van der Waals surface area contributed by atoms with Crippen LogP contribution >= 0.6 is 11.6 Å². The molecule has 9 nitrogen and oxygen atoms in total. The normalized spacial score (nSPS) is 27.4. The number of nitrogens with zero attached hydrogens (tertiary/aromatic N) is 4. The number of terminal acetylenes is 1. The lowest BCUT2D eigenvalue weighted by molar-refractivity contribution is -0.0636. The number of aromatic nitrogens is 4. The highest BCUT2D eigenvalue weighted by Crippen LogP contribution is 2.34. The molecule has 2 aromatic rings. The first-order valence-corrected chi connectivity index (χ1v) is 7.09. The number of hydrogen-bond acceptors (Lipinski definition) is 8. The van der Waals surface area contributed by atoms with Crippen LogP contribution in [0.1, 0.15) is 6.23 Å². The maximum absolute atomic E-state index is 10.2. The van der Waals surface area contributed by atoms with E-state index in [-0.39, 0.29) is 24.3 Å². The van der Waals surface area contributed by atoms with Crippen LogP contribution in [-0.2, 0) is 9.47 Å². The van der Waals surface area contributed by atoms with Crippen LogP contribution in [0.3, 0.4) is 0 Å². The van der Waals surface area contributed by atoms with E-state index < -0.39 is 24.5 Å². The quantitative estimate of drug-likeness (QED) is 0.494. The van der Waals surface area contributed by atoms with Gasteiger partial charge in [0.2, 0.25) is 5.95 Å². The number of hydrogen-bond donors (Lipinski definition) is 3. The minimum Gasteiger partial charge on any atom is -0.394 e. The molecule has 0 amide bonds. The van der Waals surface area contributed by atoms with Gasteiger partial charge in [0.1, 0.15) is 30.4 Å².